The second-order valence-electron chi connectivity index (χ2n) is 6.59. The molecule has 2 aliphatic rings. The fourth-order valence-corrected chi connectivity index (χ4v) is 4.09. The molecule has 2 rings (SSSR count). The number of nitrogens with zero attached hydrogens (tertiary/aromatic N) is 1. The number of rotatable bonds is 7. The Hall–Kier alpha value is -0.120. The van der Waals surface area contributed by atoms with E-state index in [1.54, 1.807) is 0 Å². The minimum atomic E-state index is 0.226. The van der Waals surface area contributed by atoms with Gasteiger partial charge in [-0.25, -0.2) is 0 Å². The van der Waals surface area contributed by atoms with Crippen molar-refractivity contribution < 1.29 is 4.74 Å². The summed E-state index contributed by atoms with van der Waals surface area (Å²) in [4.78, 5) is 2.80. The van der Waals surface area contributed by atoms with Crippen LogP contribution in [0.3, 0.4) is 0 Å². The zero-order valence-corrected chi connectivity index (χ0v) is 13.4. The van der Waals surface area contributed by atoms with Crippen molar-refractivity contribution >= 4 is 0 Å². The molecule has 1 atom stereocenters. The summed E-state index contributed by atoms with van der Waals surface area (Å²) in [5.41, 5.74) is 5.91. The highest BCUT2D eigenvalue weighted by Crippen LogP contribution is 2.30. The van der Waals surface area contributed by atoms with E-state index in [9.17, 15) is 0 Å². The normalized spacial score (nSPS) is 24.1. The van der Waals surface area contributed by atoms with Gasteiger partial charge in [0.15, 0.2) is 0 Å². The van der Waals surface area contributed by atoms with Crippen molar-refractivity contribution in [3.05, 3.63) is 0 Å². The van der Waals surface area contributed by atoms with Crippen LogP contribution >= 0.6 is 0 Å². The van der Waals surface area contributed by atoms with Crippen molar-refractivity contribution in [2.75, 3.05) is 19.7 Å². The third-order valence-corrected chi connectivity index (χ3v) is 5.17. The summed E-state index contributed by atoms with van der Waals surface area (Å²) in [5.74, 6) is 0. The zero-order chi connectivity index (χ0) is 14.2. The molecule has 3 nitrogen and oxygen atoms in total. The maximum absolute atomic E-state index is 5.91. The van der Waals surface area contributed by atoms with E-state index >= 15 is 0 Å². The van der Waals surface area contributed by atoms with E-state index in [0.29, 0.717) is 6.54 Å². The molecule has 0 heterocycles. The van der Waals surface area contributed by atoms with Crippen LogP contribution < -0.4 is 5.73 Å². The van der Waals surface area contributed by atoms with E-state index in [-0.39, 0.29) is 6.10 Å². The highest BCUT2D eigenvalue weighted by Gasteiger charge is 2.30. The average molecular weight is 282 g/mol. The monoisotopic (exact) mass is 282 g/mol. The quantitative estimate of drug-likeness (QED) is 0.778. The predicted molar refractivity (Wildman–Crippen MR) is 84.9 cm³/mol. The molecule has 0 aliphatic heterocycles. The molecule has 20 heavy (non-hydrogen) atoms. The molecule has 0 saturated heterocycles. The summed E-state index contributed by atoms with van der Waals surface area (Å²) >= 11 is 0. The van der Waals surface area contributed by atoms with Gasteiger partial charge in [0, 0.05) is 31.8 Å². The van der Waals surface area contributed by atoms with Crippen molar-refractivity contribution in [3.8, 4) is 0 Å². The first-order valence-corrected chi connectivity index (χ1v) is 8.92. The SMILES string of the molecule is CCOC(CN)CN(C1CCCCC1)C1CCCCC1. The molecule has 0 amide bonds. The minimum Gasteiger partial charge on any atom is -0.376 e. The fourth-order valence-electron chi connectivity index (χ4n) is 4.09. The van der Waals surface area contributed by atoms with Crippen molar-refractivity contribution in [1.29, 1.82) is 0 Å². The molecular formula is C17H34N2O. The Morgan fingerprint density at radius 1 is 0.950 bits per heavy atom. The summed E-state index contributed by atoms with van der Waals surface area (Å²) in [6, 6.07) is 1.59. The molecule has 1 unspecified atom stereocenters. The minimum absolute atomic E-state index is 0.226. The number of nitrogens with two attached hydrogens (primary N) is 1. The van der Waals surface area contributed by atoms with Gasteiger partial charge in [0.05, 0.1) is 6.10 Å². The molecule has 118 valence electrons. The van der Waals surface area contributed by atoms with E-state index in [0.717, 1.165) is 25.2 Å². The van der Waals surface area contributed by atoms with Crippen LogP contribution in [0.25, 0.3) is 0 Å². The van der Waals surface area contributed by atoms with Gasteiger partial charge in [0.2, 0.25) is 0 Å². The Bertz CT molecular complexity index is 229. The first kappa shape index (κ1) is 16.3. The zero-order valence-electron chi connectivity index (χ0n) is 13.4. The average Bonchev–Trinajstić information content (AvgIpc) is 2.53. The molecule has 0 radical (unpaired) electrons. The molecule has 2 saturated carbocycles. The Labute approximate surface area is 125 Å². The number of hydrogen-bond acceptors (Lipinski definition) is 3. The molecule has 2 N–H and O–H groups in total. The van der Waals surface area contributed by atoms with Gasteiger partial charge in [-0.3, -0.25) is 4.90 Å². The lowest BCUT2D eigenvalue weighted by molar-refractivity contribution is -0.00317. The van der Waals surface area contributed by atoms with Crippen LogP contribution in [0, 0.1) is 0 Å². The van der Waals surface area contributed by atoms with E-state index in [1.807, 2.05) is 0 Å². The van der Waals surface area contributed by atoms with Gasteiger partial charge in [0.1, 0.15) is 0 Å². The van der Waals surface area contributed by atoms with Crippen molar-refractivity contribution in [3.63, 3.8) is 0 Å². The summed E-state index contributed by atoms with van der Waals surface area (Å²) in [6.45, 7) is 4.57. The third kappa shape index (κ3) is 4.71. The maximum atomic E-state index is 5.91. The van der Waals surface area contributed by atoms with Crippen LogP contribution in [0.1, 0.15) is 71.1 Å². The second kappa shape index (κ2) is 9.01. The largest absolute Gasteiger partial charge is 0.376 e. The van der Waals surface area contributed by atoms with E-state index < -0.39 is 0 Å². The Balaban J connectivity index is 1.97. The van der Waals surface area contributed by atoms with E-state index in [2.05, 4.69) is 11.8 Å². The molecule has 0 aromatic rings. The topological polar surface area (TPSA) is 38.5 Å². The van der Waals surface area contributed by atoms with Crippen LogP contribution in [0.15, 0.2) is 0 Å². The second-order valence-corrected chi connectivity index (χ2v) is 6.59. The van der Waals surface area contributed by atoms with Gasteiger partial charge in [-0.05, 0) is 32.6 Å². The third-order valence-electron chi connectivity index (χ3n) is 5.17. The number of ether oxygens (including phenoxy) is 1. The Morgan fingerprint density at radius 2 is 1.45 bits per heavy atom. The first-order valence-electron chi connectivity index (χ1n) is 8.92. The summed E-state index contributed by atoms with van der Waals surface area (Å²) in [7, 11) is 0. The molecule has 2 aliphatic carbocycles. The van der Waals surface area contributed by atoms with Crippen LogP contribution in [0.5, 0.6) is 0 Å². The lowest BCUT2D eigenvalue weighted by atomic mass is 9.88. The summed E-state index contributed by atoms with van der Waals surface area (Å²) < 4.78 is 5.84. The van der Waals surface area contributed by atoms with Gasteiger partial charge >= 0.3 is 0 Å². The van der Waals surface area contributed by atoms with Crippen LogP contribution in [0.4, 0.5) is 0 Å². The molecular weight excluding hydrogens is 248 g/mol. The van der Waals surface area contributed by atoms with Crippen LogP contribution in [-0.4, -0.2) is 42.8 Å². The van der Waals surface area contributed by atoms with E-state index in [4.69, 9.17) is 10.5 Å². The first-order chi connectivity index (χ1) is 9.85. The van der Waals surface area contributed by atoms with Gasteiger partial charge in [-0.15, -0.1) is 0 Å². The summed E-state index contributed by atoms with van der Waals surface area (Å²) in [5, 5.41) is 0. The van der Waals surface area contributed by atoms with Crippen molar-refractivity contribution in [2.45, 2.75) is 89.3 Å². The van der Waals surface area contributed by atoms with Gasteiger partial charge in [-0.1, -0.05) is 38.5 Å². The molecule has 3 heteroatoms. The molecule has 0 aromatic heterocycles. The van der Waals surface area contributed by atoms with Gasteiger partial charge in [0.25, 0.3) is 0 Å². The highest BCUT2D eigenvalue weighted by molar-refractivity contribution is 4.85. The maximum Gasteiger partial charge on any atom is 0.0823 e. The number of hydrogen-bond donors (Lipinski definition) is 1. The fraction of sp³-hybridized carbons (Fsp3) is 1.00. The highest BCUT2D eigenvalue weighted by atomic mass is 16.5. The summed E-state index contributed by atoms with van der Waals surface area (Å²) in [6.07, 6.45) is 14.3. The van der Waals surface area contributed by atoms with Crippen molar-refractivity contribution in [2.24, 2.45) is 5.73 Å². The van der Waals surface area contributed by atoms with Gasteiger partial charge in [-0.2, -0.15) is 0 Å². The van der Waals surface area contributed by atoms with Gasteiger partial charge < -0.3 is 10.5 Å². The lowest BCUT2D eigenvalue weighted by Gasteiger charge is -2.43. The van der Waals surface area contributed by atoms with Crippen LogP contribution in [-0.2, 0) is 4.74 Å². The predicted octanol–water partition coefficient (Wildman–Crippen LogP) is 3.32. The van der Waals surface area contributed by atoms with Crippen LogP contribution in [0.2, 0.25) is 0 Å². The molecule has 0 aromatic carbocycles. The molecule has 0 spiro atoms. The molecule has 0 bridgehead atoms. The Kier molecular flexibility index (Phi) is 7.32. The standard InChI is InChI=1S/C17H34N2O/c1-2-20-17(13-18)14-19(15-9-5-3-6-10-15)16-11-7-4-8-12-16/h15-17H,2-14,18H2,1H3. The Morgan fingerprint density at radius 3 is 1.85 bits per heavy atom. The molecule has 2 fully saturated rings. The lowest BCUT2D eigenvalue weighted by Crippen LogP contribution is -2.50. The van der Waals surface area contributed by atoms with E-state index in [1.165, 1.54) is 64.2 Å². The smallest absolute Gasteiger partial charge is 0.0823 e. The van der Waals surface area contributed by atoms with Crippen molar-refractivity contribution in [1.82, 2.24) is 4.90 Å².